The van der Waals surface area contributed by atoms with Gasteiger partial charge in [0.1, 0.15) is 5.82 Å². The van der Waals surface area contributed by atoms with E-state index in [-0.39, 0.29) is 35.9 Å². The van der Waals surface area contributed by atoms with Crippen LogP contribution in [0.4, 0.5) is 4.39 Å². The third-order valence-electron chi connectivity index (χ3n) is 3.54. The lowest BCUT2D eigenvalue weighted by Gasteiger charge is -2.12. The largest absolute Gasteiger partial charge is 0.475 e. The van der Waals surface area contributed by atoms with Crippen LogP contribution in [0, 0.1) is 5.82 Å². The Morgan fingerprint density at radius 1 is 1.11 bits per heavy atom. The number of hydrogen-bond acceptors (Lipinski definition) is 3. The number of hydrogen-bond donors (Lipinski definition) is 2. The molecule has 0 saturated carbocycles. The van der Waals surface area contributed by atoms with Crippen LogP contribution < -0.4 is 15.4 Å². The van der Waals surface area contributed by atoms with E-state index in [0.717, 1.165) is 36.6 Å². The summed E-state index contributed by atoms with van der Waals surface area (Å²) in [6.45, 7) is 8.00. The molecule has 0 saturated heterocycles. The molecule has 1 aromatic heterocycles. The molecule has 2 aromatic rings. The van der Waals surface area contributed by atoms with E-state index in [1.165, 1.54) is 12.1 Å². The predicted octanol–water partition coefficient (Wildman–Crippen LogP) is 3.92. The van der Waals surface area contributed by atoms with Crippen LogP contribution in [0.3, 0.4) is 0 Å². The van der Waals surface area contributed by atoms with Gasteiger partial charge in [0.15, 0.2) is 5.96 Å². The highest BCUT2D eigenvalue weighted by Crippen LogP contribution is 2.10. The van der Waals surface area contributed by atoms with Gasteiger partial charge in [-0.2, -0.15) is 0 Å². The third kappa shape index (κ3) is 9.03. The molecule has 0 atom stereocenters. The Morgan fingerprint density at radius 3 is 2.41 bits per heavy atom. The molecule has 0 bridgehead atoms. The standard InChI is InChI=1S/C20H27FN4O.HI/c1-4-22-20(23-12-11-16-5-8-18(21)9-6-16)25-14-17-7-10-19(24-13-17)26-15(2)3;/h5-10,13,15H,4,11-12,14H2,1-3H3,(H2,22,23,25);1H. The SMILES string of the molecule is CCNC(=NCc1ccc(OC(C)C)nc1)NCCc1ccc(F)cc1.I. The lowest BCUT2D eigenvalue weighted by molar-refractivity contribution is 0.232. The van der Waals surface area contributed by atoms with E-state index in [4.69, 9.17) is 4.74 Å². The molecule has 0 spiro atoms. The van der Waals surface area contributed by atoms with Crippen molar-refractivity contribution in [1.82, 2.24) is 15.6 Å². The van der Waals surface area contributed by atoms with Gasteiger partial charge in [-0.1, -0.05) is 18.2 Å². The monoisotopic (exact) mass is 486 g/mol. The van der Waals surface area contributed by atoms with Gasteiger partial charge in [0.25, 0.3) is 0 Å². The molecule has 148 valence electrons. The molecule has 0 aliphatic rings. The lowest BCUT2D eigenvalue weighted by atomic mass is 10.1. The van der Waals surface area contributed by atoms with Crippen LogP contribution in [0.2, 0.25) is 0 Å². The average Bonchev–Trinajstić information content (AvgIpc) is 2.62. The van der Waals surface area contributed by atoms with Crippen molar-refractivity contribution >= 4 is 29.9 Å². The van der Waals surface area contributed by atoms with Gasteiger partial charge in [0.05, 0.1) is 12.6 Å². The van der Waals surface area contributed by atoms with Gasteiger partial charge in [-0.25, -0.2) is 14.4 Å². The van der Waals surface area contributed by atoms with Crippen LogP contribution in [0.1, 0.15) is 31.9 Å². The molecule has 0 fully saturated rings. The Balaban J connectivity index is 0.00000364. The van der Waals surface area contributed by atoms with Gasteiger partial charge in [0.2, 0.25) is 5.88 Å². The summed E-state index contributed by atoms with van der Waals surface area (Å²) in [6, 6.07) is 10.4. The predicted molar refractivity (Wildman–Crippen MR) is 118 cm³/mol. The van der Waals surface area contributed by atoms with Crippen LogP contribution >= 0.6 is 24.0 Å². The summed E-state index contributed by atoms with van der Waals surface area (Å²) in [5, 5.41) is 6.51. The molecule has 2 rings (SSSR count). The number of rotatable bonds is 8. The maximum absolute atomic E-state index is 12.9. The van der Waals surface area contributed by atoms with Crippen LogP contribution in [-0.2, 0) is 13.0 Å². The molecule has 1 aromatic carbocycles. The van der Waals surface area contributed by atoms with Crippen LogP contribution in [0.25, 0.3) is 0 Å². The van der Waals surface area contributed by atoms with E-state index in [9.17, 15) is 4.39 Å². The topological polar surface area (TPSA) is 58.5 Å². The molecule has 1 heterocycles. The first-order valence-corrected chi connectivity index (χ1v) is 8.95. The van der Waals surface area contributed by atoms with Crippen molar-refractivity contribution in [3.8, 4) is 5.88 Å². The van der Waals surface area contributed by atoms with Gasteiger partial charge in [-0.05, 0) is 50.5 Å². The van der Waals surface area contributed by atoms with Crippen LogP contribution in [0.15, 0.2) is 47.6 Å². The Labute approximate surface area is 177 Å². The zero-order valence-corrected chi connectivity index (χ0v) is 18.4. The van der Waals surface area contributed by atoms with Crippen molar-refractivity contribution in [2.24, 2.45) is 4.99 Å². The highest BCUT2D eigenvalue weighted by atomic mass is 127. The van der Waals surface area contributed by atoms with Crippen molar-refractivity contribution < 1.29 is 9.13 Å². The highest BCUT2D eigenvalue weighted by Gasteiger charge is 2.01. The molecule has 27 heavy (non-hydrogen) atoms. The Morgan fingerprint density at radius 2 is 1.81 bits per heavy atom. The molecule has 0 unspecified atom stereocenters. The zero-order chi connectivity index (χ0) is 18.8. The normalized spacial score (nSPS) is 11.1. The van der Waals surface area contributed by atoms with Crippen molar-refractivity contribution in [2.45, 2.75) is 39.8 Å². The molecular weight excluding hydrogens is 458 g/mol. The number of aromatic nitrogens is 1. The van der Waals surface area contributed by atoms with E-state index >= 15 is 0 Å². The second-order valence-electron chi connectivity index (χ2n) is 6.17. The number of halogens is 2. The summed E-state index contributed by atoms with van der Waals surface area (Å²) in [4.78, 5) is 8.86. The number of benzene rings is 1. The molecule has 7 heteroatoms. The molecule has 0 aliphatic carbocycles. The smallest absolute Gasteiger partial charge is 0.213 e. The molecule has 2 N–H and O–H groups in total. The summed E-state index contributed by atoms with van der Waals surface area (Å²) in [5.74, 6) is 1.16. The van der Waals surface area contributed by atoms with E-state index in [1.807, 2.05) is 32.9 Å². The van der Waals surface area contributed by atoms with Crippen LogP contribution in [0.5, 0.6) is 5.88 Å². The quantitative estimate of drug-likeness (QED) is 0.338. The maximum Gasteiger partial charge on any atom is 0.213 e. The fourth-order valence-electron chi connectivity index (χ4n) is 2.30. The second kappa shape index (κ2) is 12.5. The number of aliphatic imine (C=N–C) groups is 1. The van der Waals surface area contributed by atoms with Gasteiger partial charge in [0, 0.05) is 25.4 Å². The van der Waals surface area contributed by atoms with E-state index < -0.39 is 0 Å². The van der Waals surface area contributed by atoms with Crippen molar-refractivity contribution in [3.63, 3.8) is 0 Å². The minimum absolute atomic E-state index is 0. The minimum atomic E-state index is -0.213. The van der Waals surface area contributed by atoms with Gasteiger partial charge >= 0.3 is 0 Å². The van der Waals surface area contributed by atoms with Crippen LogP contribution in [-0.4, -0.2) is 30.1 Å². The Bertz CT molecular complexity index is 690. The number of nitrogens with one attached hydrogen (secondary N) is 2. The summed E-state index contributed by atoms with van der Waals surface area (Å²) in [5.41, 5.74) is 2.09. The molecule has 0 aliphatic heterocycles. The number of pyridine rings is 1. The van der Waals surface area contributed by atoms with Gasteiger partial charge in [-0.15, -0.1) is 24.0 Å². The van der Waals surface area contributed by atoms with Crippen molar-refractivity contribution in [2.75, 3.05) is 13.1 Å². The number of nitrogens with zero attached hydrogens (tertiary/aromatic N) is 2. The van der Waals surface area contributed by atoms with Crippen molar-refractivity contribution in [3.05, 3.63) is 59.5 Å². The average molecular weight is 486 g/mol. The zero-order valence-electron chi connectivity index (χ0n) is 16.0. The fourth-order valence-corrected chi connectivity index (χ4v) is 2.30. The summed E-state index contributed by atoms with van der Waals surface area (Å²) in [7, 11) is 0. The van der Waals surface area contributed by atoms with Gasteiger partial charge < -0.3 is 15.4 Å². The Kier molecular flexibility index (Phi) is 10.7. The van der Waals surface area contributed by atoms with Gasteiger partial charge in [-0.3, -0.25) is 0 Å². The maximum atomic E-state index is 12.9. The molecular formula is C20H28FIN4O. The lowest BCUT2D eigenvalue weighted by Crippen LogP contribution is -2.38. The minimum Gasteiger partial charge on any atom is -0.475 e. The second-order valence-corrected chi connectivity index (χ2v) is 6.17. The summed E-state index contributed by atoms with van der Waals surface area (Å²) in [6.07, 6.45) is 2.69. The summed E-state index contributed by atoms with van der Waals surface area (Å²) >= 11 is 0. The summed E-state index contributed by atoms with van der Waals surface area (Å²) < 4.78 is 18.5. The number of ether oxygens (including phenoxy) is 1. The van der Waals surface area contributed by atoms with Crippen molar-refractivity contribution in [1.29, 1.82) is 0 Å². The fraction of sp³-hybridized carbons (Fsp3) is 0.400. The van der Waals surface area contributed by atoms with E-state index in [2.05, 4.69) is 20.6 Å². The molecule has 5 nitrogen and oxygen atoms in total. The van der Waals surface area contributed by atoms with E-state index in [1.54, 1.807) is 18.3 Å². The first kappa shape index (κ1) is 23.1. The molecule has 0 amide bonds. The first-order chi connectivity index (χ1) is 12.6. The molecule has 0 radical (unpaired) electrons. The number of guanidine groups is 1. The third-order valence-corrected chi connectivity index (χ3v) is 3.54. The first-order valence-electron chi connectivity index (χ1n) is 8.95. The Hall–Kier alpha value is -1.90. The highest BCUT2D eigenvalue weighted by molar-refractivity contribution is 14.0. The van der Waals surface area contributed by atoms with E-state index in [0.29, 0.717) is 12.4 Å².